The van der Waals surface area contributed by atoms with E-state index < -0.39 is 0 Å². The van der Waals surface area contributed by atoms with E-state index in [9.17, 15) is 4.79 Å². The third-order valence-corrected chi connectivity index (χ3v) is 3.00. The minimum atomic E-state index is -0.0520. The Bertz CT molecular complexity index is 405. The number of aliphatic hydroxyl groups excluding tert-OH is 1. The lowest BCUT2D eigenvalue weighted by Crippen LogP contribution is -2.31. The average molecular weight is 265 g/mol. The lowest BCUT2D eigenvalue weighted by molar-refractivity contribution is 0.0767. The van der Waals surface area contributed by atoms with Gasteiger partial charge in [-0.15, -0.1) is 0 Å². The number of aromatic nitrogens is 1. The number of hydrogen-bond acceptors (Lipinski definition) is 4. The number of aliphatic hydroxyl groups is 1. The summed E-state index contributed by atoms with van der Waals surface area (Å²) in [6.45, 7) is 8.02. The molecule has 0 fully saturated rings. The number of pyridine rings is 1. The zero-order valence-corrected chi connectivity index (χ0v) is 11.9. The second kappa shape index (κ2) is 7.74. The molecule has 1 heterocycles. The van der Waals surface area contributed by atoms with Gasteiger partial charge < -0.3 is 15.3 Å². The van der Waals surface area contributed by atoms with E-state index in [0.29, 0.717) is 25.3 Å². The maximum absolute atomic E-state index is 12.1. The molecule has 0 bridgehead atoms. The van der Waals surface area contributed by atoms with Crippen LogP contribution in [0.1, 0.15) is 31.3 Å². The maximum atomic E-state index is 12.1. The highest BCUT2D eigenvalue weighted by atomic mass is 16.3. The zero-order valence-electron chi connectivity index (χ0n) is 11.9. The number of anilines is 1. The summed E-state index contributed by atoms with van der Waals surface area (Å²) in [6.07, 6.45) is 1.63. The van der Waals surface area contributed by atoms with Gasteiger partial charge in [0.25, 0.3) is 5.91 Å². The Balaban J connectivity index is 2.73. The van der Waals surface area contributed by atoms with Gasteiger partial charge in [0.15, 0.2) is 0 Å². The Morgan fingerprint density at radius 3 is 2.74 bits per heavy atom. The van der Waals surface area contributed by atoms with Crippen molar-refractivity contribution in [3.8, 4) is 0 Å². The molecule has 19 heavy (non-hydrogen) atoms. The molecular weight excluding hydrogens is 242 g/mol. The maximum Gasteiger partial charge on any atom is 0.272 e. The van der Waals surface area contributed by atoms with E-state index in [0.717, 1.165) is 5.69 Å². The number of amides is 1. The van der Waals surface area contributed by atoms with Crippen LogP contribution in [0, 0.1) is 5.92 Å². The van der Waals surface area contributed by atoms with Gasteiger partial charge in [0, 0.05) is 38.1 Å². The fraction of sp³-hybridized carbons (Fsp3) is 0.571. The van der Waals surface area contributed by atoms with Gasteiger partial charge in [-0.2, -0.15) is 0 Å². The van der Waals surface area contributed by atoms with Crippen molar-refractivity contribution in [3.63, 3.8) is 0 Å². The van der Waals surface area contributed by atoms with Crippen molar-refractivity contribution in [1.82, 2.24) is 9.88 Å². The van der Waals surface area contributed by atoms with Gasteiger partial charge in [0.05, 0.1) is 0 Å². The first-order valence-corrected chi connectivity index (χ1v) is 6.72. The van der Waals surface area contributed by atoms with Crippen LogP contribution in [0.4, 0.5) is 5.69 Å². The molecule has 0 aliphatic carbocycles. The molecule has 0 spiro atoms. The normalized spacial score (nSPS) is 12.0. The van der Waals surface area contributed by atoms with Gasteiger partial charge in [0.1, 0.15) is 5.69 Å². The van der Waals surface area contributed by atoms with E-state index in [2.05, 4.69) is 10.3 Å². The van der Waals surface area contributed by atoms with Gasteiger partial charge in [-0.25, -0.2) is 0 Å². The van der Waals surface area contributed by atoms with E-state index in [1.807, 2.05) is 26.8 Å². The molecule has 1 amide bonds. The molecule has 1 aromatic heterocycles. The number of rotatable bonds is 7. The van der Waals surface area contributed by atoms with Gasteiger partial charge in [-0.3, -0.25) is 9.78 Å². The molecule has 1 aromatic rings. The van der Waals surface area contributed by atoms with Crippen LogP contribution >= 0.6 is 0 Å². The van der Waals surface area contributed by atoms with Crippen molar-refractivity contribution in [2.24, 2.45) is 5.92 Å². The van der Waals surface area contributed by atoms with Crippen LogP contribution in [-0.2, 0) is 0 Å². The first kappa shape index (κ1) is 15.4. The highest BCUT2D eigenvalue weighted by Crippen LogP contribution is 2.11. The topological polar surface area (TPSA) is 65.5 Å². The van der Waals surface area contributed by atoms with Crippen LogP contribution in [0.3, 0.4) is 0 Å². The first-order valence-electron chi connectivity index (χ1n) is 6.72. The Hall–Kier alpha value is -1.62. The second-order valence-corrected chi connectivity index (χ2v) is 4.58. The number of nitrogens with one attached hydrogen (secondary N) is 1. The number of carbonyl (C=O) groups excluding carboxylic acids is 1. The van der Waals surface area contributed by atoms with E-state index in [-0.39, 0.29) is 18.4 Å². The van der Waals surface area contributed by atoms with Crippen molar-refractivity contribution in [3.05, 3.63) is 24.0 Å². The lowest BCUT2D eigenvalue weighted by atomic mass is 10.2. The number of hydrogen-bond donors (Lipinski definition) is 2. The van der Waals surface area contributed by atoms with Gasteiger partial charge >= 0.3 is 0 Å². The third-order valence-electron chi connectivity index (χ3n) is 3.00. The first-order chi connectivity index (χ1) is 9.12. The Kier molecular flexibility index (Phi) is 6.29. The van der Waals surface area contributed by atoms with Gasteiger partial charge in [0.2, 0.25) is 0 Å². The summed E-state index contributed by atoms with van der Waals surface area (Å²) < 4.78 is 0. The molecular formula is C14H23N3O2. The van der Waals surface area contributed by atoms with Crippen LogP contribution in [-0.4, -0.2) is 47.1 Å². The van der Waals surface area contributed by atoms with Crippen molar-refractivity contribution in [2.45, 2.75) is 20.8 Å². The largest absolute Gasteiger partial charge is 0.396 e. The summed E-state index contributed by atoms with van der Waals surface area (Å²) in [5.74, 6) is 0.124. The van der Waals surface area contributed by atoms with Crippen molar-refractivity contribution in [2.75, 3.05) is 31.6 Å². The van der Waals surface area contributed by atoms with E-state index >= 15 is 0 Å². The Morgan fingerprint density at radius 1 is 1.47 bits per heavy atom. The molecule has 0 saturated heterocycles. The van der Waals surface area contributed by atoms with Gasteiger partial charge in [-0.05, 0) is 31.9 Å². The van der Waals surface area contributed by atoms with Crippen LogP contribution in [0.25, 0.3) is 0 Å². The fourth-order valence-electron chi connectivity index (χ4n) is 1.69. The standard InChI is InChI=1S/C14H23N3O2/c1-4-17(5-2)14(19)13-8-12(6-7-15-13)16-9-11(3)10-18/h6-8,11,18H,4-5,9-10H2,1-3H3,(H,15,16). The second-order valence-electron chi connectivity index (χ2n) is 4.58. The predicted octanol–water partition coefficient (Wildman–Crippen LogP) is 1.60. The van der Waals surface area contributed by atoms with Gasteiger partial charge in [-0.1, -0.05) is 6.92 Å². The molecule has 106 valence electrons. The Morgan fingerprint density at radius 2 is 2.16 bits per heavy atom. The molecule has 1 atom stereocenters. The molecule has 0 aromatic carbocycles. The van der Waals surface area contributed by atoms with Crippen LogP contribution in [0.2, 0.25) is 0 Å². The summed E-state index contributed by atoms with van der Waals surface area (Å²) in [5.41, 5.74) is 1.30. The summed E-state index contributed by atoms with van der Waals surface area (Å²) in [5, 5.41) is 12.2. The quantitative estimate of drug-likeness (QED) is 0.786. The van der Waals surface area contributed by atoms with E-state index in [4.69, 9.17) is 5.11 Å². The zero-order chi connectivity index (χ0) is 14.3. The molecule has 2 N–H and O–H groups in total. The van der Waals surface area contributed by atoms with E-state index in [1.165, 1.54) is 0 Å². The molecule has 5 heteroatoms. The van der Waals surface area contributed by atoms with E-state index in [1.54, 1.807) is 17.2 Å². The number of nitrogens with zero attached hydrogens (tertiary/aromatic N) is 2. The predicted molar refractivity (Wildman–Crippen MR) is 76.2 cm³/mol. The van der Waals surface area contributed by atoms with Crippen molar-refractivity contribution in [1.29, 1.82) is 0 Å². The van der Waals surface area contributed by atoms with Crippen molar-refractivity contribution >= 4 is 11.6 Å². The fourth-order valence-corrected chi connectivity index (χ4v) is 1.69. The minimum Gasteiger partial charge on any atom is -0.396 e. The molecule has 0 aliphatic heterocycles. The SMILES string of the molecule is CCN(CC)C(=O)c1cc(NCC(C)CO)ccn1. The number of carbonyl (C=O) groups is 1. The summed E-state index contributed by atoms with van der Waals surface area (Å²) in [6, 6.07) is 3.58. The monoisotopic (exact) mass is 265 g/mol. The minimum absolute atomic E-state index is 0.0520. The molecule has 1 unspecified atom stereocenters. The summed E-state index contributed by atoms with van der Waals surface area (Å²) in [4.78, 5) is 18.0. The highest BCUT2D eigenvalue weighted by molar-refractivity contribution is 5.93. The van der Waals surface area contributed by atoms with Crippen LogP contribution in [0.5, 0.6) is 0 Å². The molecule has 0 aliphatic rings. The molecule has 0 saturated carbocycles. The average Bonchev–Trinajstić information content (AvgIpc) is 2.46. The summed E-state index contributed by atoms with van der Waals surface area (Å²) >= 11 is 0. The molecule has 1 rings (SSSR count). The third kappa shape index (κ3) is 4.52. The van der Waals surface area contributed by atoms with Crippen molar-refractivity contribution < 1.29 is 9.90 Å². The highest BCUT2D eigenvalue weighted by Gasteiger charge is 2.14. The molecule has 0 radical (unpaired) electrons. The molecule has 5 nitrogen and oxygen atoms in total. The summed E-state index contributed by atoms with van der Waals surface area (Å²) in [7, 11) is 0. The lowest BCUT2D eigenvalue weighted by Gasteiger charge is -2.18. The Labute approximate surface area is 114 Å². The van der Waals surface area contributed by atoms with Crippen LogP contribution < -0.4 is 5.32 Å². The smallest absolute Gasteiger partial charge is 0.272 e. The van der Waals surface area contributed by atoms with Crippen LogP contribution in [0.15, 0.2) is 18.3 Å².